The van der Waals surface area contributed by atoms with Gasteiger partial charge in [0.2, 0.25) is 0 Å². The Morgan fingerprint density at radius 1 is 1.19 bits per heavy atom. The van der Waals surface area contributed by atoms with E-state index < -0.39 is 22.7 Å². The molecule has 0 spiro atoms. The van der Waals surface area contributed by atoms with Crippen molar-refractivity contribution in [3.63, 3.8) is 0 Å². The molecule has 0 saturated carbocycles. The van der Waals surface area contributed by atoms with Crippen molar-refractivity contribution in [3.8, 4) is 11.4 Å². The van der Waals surface area contributed by atoms with E-state index in [1.165, 1.54) is 17.8 Å². The van der Waals surface area contributed by atoms with Crippen molar-refractivity contribution < 1.29 is 13.6 Å². The molecule has 4 nitrogen and oxygen atoms in total. The van der Waals surface area contributed by atoms with E-state index in [-0.39, 0.29) is 5.56 Å². The highest BCUT2D eigenvalue weighted by molar-refractivity contribution is 8.00. The van der Waals surface area contributed by atoms with E-state index in [9.17, 15) is 13.6 Å². The topological polar surface area (TPSA) is 47.8 Å². The van der Waals surface area contributed by atoms with Crippen LogP contribution in [0.3, 0.4) is 0 Å². The Morgan fingerprint density at radius 3 is 2.63 bits per heavy atom. The van der Waals surface area contributed by atoms with Crippen molar-refractivity contribution in [1.82, 2.24) is 14.8 Å². The summed E-state index contributed by atoms with van der Waals surface area (Å²) < 4.78 is 28.9. The molecule has 0 N–H and O–H groups in total. The minimum Gasteiger partial charge on any atom is -0.302 e. The number of benzene rings is 2. The Morgan fingerprint density at radius 2 is 1.96 bits per heavy atom. The summed E-state index contributed by atoms with van der Waals surface area (Å²) in [6.45, 7) is 6.28. The molecule has 0 saturated heterocycles. The van der Waals surface area contributed by atoms with E-state index in [0.717, 1.165) is 29.1 Å². The molecule has 140 valence electrons. The summed E-state index contributed by atoms with van der Waals surface area (Å²) in [7, 11) is 0. The predicted octanol–water partition coefficient (Wildman–Crippen LogP) is 4.92. The van der Waals surface area contributed by atoms with Gasteiger partial charge in [0.25, 0.3) is 0 Å². The fourth-order valence-electron chi connectivity index (χ4n) is 2.78. The van der Waals surface area contributed by atoms with Gasteiger partial charge in [0.15, 0.2) is 16.8 Å². The van der Waals surface area contributed by atoms with Crippen LogP contribution in [-0.4, -0.2) is 25.8 Å². The second-order valence-corrected chi connectivity index (χ2v) is 7.48. The van der Waals surface area contributed by atoms with E-state index >= 15 is 0 Å². The Bertz CT molecular complexity index is 987. The molecule has 3 rings (SSSR count). The largest absolute Gasteiger partial charge is 0.302 e. The number of halogens is 2. The van der Waals surface area contributed by atoms with Gasteiger partial charge in [-0.1, -0.05) is 35.5 Å². The number of nitrogens with zero attached hydrogens (tertiary/aromatic N) is 3. The van der Waals surface area contributed by atoms with Crippen molar-refractivity contribution in [1.29, 1.82) is 0 Å². The number of carbonyl (C=O) groups excluding carboxylic acids is 1. The van der Waals surface area contributed by atoms with E-state index in [1.807, 2.05) is 42.7 Å². The Labute approximate surface area is 160 Å². The lowest BCUT2D eigenvalue weighted by atomic mass is 10.1. The number of aromatic nitrogens is 3. The molecular weight excluding hydrogens is 368 g/mol. The first-order valence-corrected chi connectivity index (χ1v) is 9.44. The van der Waals surface area contributed by atoms with Crippen LogP contribution in [0.1, 0.15) is 29.8 Å². The molecule has 7 heteroatoms. The zero-order chi connectivity index (χ0) is 19.6. The lowest BCUT2D eigenvalue weighted by Crippen LogP contribution is -2.16. The molecule has 0 amide bonds. The third-order valence-electron chi connectivity index (χ3n) is 4.16. The van der Waals surface area contributed by atoms with Crippen LogP contribution in [0.25, 0.3) is 11.4 Å². The minimum atomic E-state index is -0.857. The molecule has 1 atom stereocenters. The van der Waals surface area contributed by atoms with E-state index in [1.54, 1.807) is 6.92 Å². The van der Waals surface area contributed by atoms with E-state index in [0.29, 0.717) is 11.7 Å². The molecule has 0 aliphatic carbocycles. The molecule has 1 heterocycles. The van der Waals surface area contributed by atoms with Gasteiger partial charge in [-0.3, -0.25) is 4.79 Å². The number of carbonyl (C=O) groups is 1. The summed E-state index contributed by atoms with van der Waals surface area (Å²) in [5.41, 5.74) is 1.93. The smallest absolute Gasteiger partial charge is 0.192 e. The second-order valence-electron chi connectivity index (χ2n) is 6.17. The second kappa shape index (κ2) is 8.00. The Balaban J connectivity index is 1.86. The lowest BCUT2D eigenvalue weighted by molar-refractivity contribution is 0.0990. The quantitative estimate of drug-likeness (QED) is 0.445. The third-order valence-corrected chi connectivity index (χ3v) is 5.24. The van der Waals surface area contributed by atoms with E-state index in [2.05, 4.69) is 10.2 Å². The SMILES string of the molecule is CCn1c(SC(C)C(=O)c2ccc(F)cc2F)nnc1-c1cccc(C)c1. The standard InChI is InChI=1S/C20H19F2N3OS/c1-4-25-19(14-7-5-6-12(2)10-14)23-24-20(25)27-13(3)18(26)16-9-8-15(21)11-17(16)22/h5-11,13H,4H2,1-3H3. The van der Waals surface area contributed by atoms with Crippen LogP contribution in [0.5, 0.6) is 0 Å². The van der Waals surface area contributed by atoms with Crippen molar-refractivity contribution >= 4 is 17.5 Å². The van der Waals surface area contributed by atoms with Gasteiger partial charge in [0.05, 0.1) is 10.8 Å². The van der Waals surface area contributed by atoms with Crippen LogP contribution in [0.2, 0.25) is 0 Å². The minimum absolute atomic E-state index is 0.127. The normalized spacial score (nSPS) is 12.2. The van der Waals surface area contributed by atoms with Crippen LogP contribution < -0.4 is 0 Å². The average Bonchev–Trinajstić information content (AvgIpc) is 3.03. The highest BCUT2D eigenvalue weighted by atomic mass is 32.2. The van der Waals surface area contributed by atoms with Gasteiger partial charge in [-0.05, 0) is 39.0 Å². The van der Waals surface area contributed by atoms with Crippen LogP contribution in [0.15, 0.2) is 47.6 Å². The van der Waals surface area contributed by atoms with Gasteiger partial charge in [-0.15, -0.1) is 10.2 Å². The first kappa shape index (κ1) is 19.2. The van der Waals surface area contributed by atoms with Gasteiger partial charge in [-0.2, -0.15) is 0 Å². The molecule has 0 fully saturated rings. The molecule has 0 aliphatic rings. The summed E-state index contributed by atoms with van der Waals surface area (Å²) >= 11 is 1.21. The Kier molecular flexibility index (Phi) is 5.70. The van der Waals surface area contributed by atoms with Crippen molar-refractivity contribution in [3.05, 3.63) is 65.2 Å². The molecule has 0 radical (unpaired) electrons. The zero-order valence-corrected chi connectivity index (χ0v) is 16.1. The predicted molar refractivity (Wildman–Crippen MR) is 102 cm³/mol. The molecule has 3 aromatic rings. The number of ketones is 1. The van der Waals surface area contributed by atoms with Crippen molar-refractivity contribution in [2.75, 3.05) is 0 Å². The molecule has 1 unspecified atom stereocenters. The van der Waals surface area contributed by atoms with Crippen LogP contribution >= 0.6 is 11.8 Å². The van der Waals surface area contributed by atoms with Gasteiger partial charge in [0, 0.05) is 18.2 Å². The highest BCUT2D eigenvalue weighted by Gasteiger charge is 2.23. The fourth-order valence-corrected chi connectivity index (χ4v) is 3.76. The summed E-state index contributed by atoms with van der Waals surface area (Å²) in [6, 6.07) is 10.9. The van der Waals surface area contributed by atoms with Gasteiger partial charge >= 0.3 is 0 Å². The van der Waals surface area contributed by atoms with Crippen LogP contribution in [-0.2, 0) is 6.54 Å². The first-order chi connectivity index (χ1) is 12.9. The lowest BCUT2D eigenvalue weighted by Gasteiger charge is -2.12. The molecule has 27 heavy (non-hydrogen) atoms. The molecular formula is C20H19F2N3OS. The average molecular weight is 387 g/mol. The third kappa shape index (κ3) is 4.08. The molecule has 2 aromatic carbocycles. The first-order valence-electron chi connectivity index (χ1n) is 8.57. The highest BCUT2D eigenvalue weighted by Crippen LogP contribution is 2.29. The number of hydrogen-bond donors (Lipinski definition) is 0. The summed E-state index contributed by atoms with van der Waals surface area (Å²) in [5, 5.41) is 8.47. The summed E-state index contributed by atoms with van der Waals surface area (Å²) in [5.74, 6) is -1.26. The molecule has 0 bridgehead atoms. The molecule has 1 aromatic heterocycles. The number of Topliss-reactive ketones (excluding diaryl/α,β-unsaturated/α-hetero) is 1. The number of hydrogen-bond acceptors (Lipinski definition) is 4. The maximum Gasteiger partial charge on any atom is 0.192 e. The van der Waals surface area contributed by atoms with Crippen LogP contribution in [0.4, 0.5) is 8.78 Å². The number of aryl methyl sites for hydroxylation is 1. The maximum atomic E-state index is 13.9. The maximum absolute atomic E-state index is 13.9. The van der Waals surface area contributed by atoms with Gasteiger partial charge < -0.3 is 4.57 Å². The van der Waals surface area contributed by atoms with E-state index in [4.69, 9.17) is 0 Å². The summed E-state index contributed by atoms with van der Waals surface area (Å²) in [4.78, 5) is 12.6. The van der Waals surface area contributed by atoms with Crippen LogP contribution in [0, 0.1) is 18.6 Å². The van der Waals surface area contributed by atoms with Crippen molar-refractivity contribution in [2.45, 2.75) is 37.7 Å². The van der Waals surface area contributed by atoms with Crippen molar-refractivity contribution in [2.24, 2.45) is 0 Å². The Hall–Kier alpha value is -2.54. The zero-order valence-electron chi connectivity index (χ0n) is 15.2. The van der Waals surface area contributed by atoms with Gasteiger partial charge in [0.1, 0.15) is 11.6 Å². The summed E-state index contributed by atoms with van der Waals surface area (Å²) in [6.07, 6.45) is 0. The fraction of sp³-hybridized carbons (Fsp3) is 0.250. The van der Waals surface area contributed by atoms with Gasteiger partial charge in [-0.25, -0.2) is 8.78 Å². The number of rotatable bonds is 6. The monoisotopic (exact) mass is 387 g/mol. The number of thioether (sulfide) groups is 1. The molecule has 0 aliphatic heterocycles.